The molecule has 170 valence electrons. The zero-order valence-electron chi connectivity index (χ0n) is 18.6. The Morgan fingerprint density at radius 2 is 2.12 bits per heavy atom. The van der Waals surface area contributed by atoms with E-state index in [0.29, 0.717) is 35.7 Å². The molecule has 1 saturated carbocycles. The van der Waals surface area contributed by atoms with E-state index in [1.54, 1.807) is 0 Å². The fraction of sp³-hybridized carbons (Fsp3) is 0.560. The molecule has 7 heteroatoms. The Morgan fingerprint density at radius 3 is 3.00 bits per heavy atom. The largest absolute Gasteiger partial charge is 0.508 e. The summed E-state index contributed by atoms with van der Waals surface area (Å²) in [5, 5.41) is 13.5. The van der Waals surface area contributed by atoms with E-state index in [-0.39, 0.29) is 6.04 Å². The van der Waals surface area contributed by atoms with Crippen LogP contribution < -0.4 is 16.2 Å². The minimum atomic E-state index is 0.213. The molecule has 4 heterocycles. The molecule has 6 rings (SSSR count). The van der Waals surface area contributed by atoms with E-state index in [0.717, 1.165) is 50.4 Å². The van der Waals surface area contributed by atoms with Gasteiger partial charge in [-0.2, -0.15) is 0 Å². The molecule has 32 heavy (non-hydrogen) atoms. The van der Waals surface area contributed by atoms with Crippen molar-refractivity contribution in [1.82, 2.24) is 26.1 Å². The van der Waals surface area contributed by atoms with E-state index in [9.17, 15) is 5.11 Å². The van der Waals surface area contributed by atoms with Gasteiger partial charge in [-0.1, -0.05) is 19.1 Å². The second kappa shape index (κ2) is 8.30. The van der Waals surface area contributed by atoms with E-state index in [1.807, 2.05) is 18.3 Å². The number of nitrogens with one attached hydrogen (secondary N) is 4. The van der Waals surface area contributed by atoms with Gasteiger partial charge in [-0.3, -0.25) is 5.43 Å². The van der Waals surface area contributed by atoms with Gasteiger partial charge in [0, 0.05) is 18.1 Å². The first-order valence-corrected chi connectivity index (χ1v) is 12.1. The van der Waals surface area contributed by atoms with Gasteiger partial charge in [0.25, 0.3) is 0 Å². The molecule has 1 aromatic heterocycles. The highest BCUT2D eigenvalue weighted by atomic mass is 16.5. The Bertz CT molecular complexity index is 1020. The molecular weight excluding hydrogens is 402 g/mol. The standard InChI is InChI=1S/C25H33N5O2/c1-2-14-9-19(31)4-6-20(14)15-3-5-21-22(10-15)29-30-24(21)25-26-11-23(28-25)16-7-17-12-32-13-18(8-16)27-17/h4,6-7,9,11,15,17-18,21-22,24,27,29-31H,2-3,5,8,10,12-13H2,1H3,(H,26,28). The van der Waals surface area contributed by atoms with Crippen LogP contribution in [0.15, 0.2) is 30.5 Å². The monoisotopic (exact) mass is 435 g/mol. The number of hydrazine groups is 1. The quantitative estimate of drug-likeness (QED) is 0.507. The molecule has 2 saturated heterocycles. The molecule has 6 unspecified atom stereocenters. The molecule has 0 radical (unpaired) electrons. The van der Waals surface area contributed by atoms with Crippen LogP contribution in [0.25, 0.3) is 5.57 Å². The van der Waals surface area contributed by atoms with Crippen LogP contribution >= 0.6 is 0 Å². The van der Waals surface area contributed by atoms with Gasteiger partial charge in [0.2, 0.25) is 0 Å². The average Bonchev–Trinajstić information content (AvgIpc) is 3.45. The zero-order valence-corrected chi connectivity index (χ0v) is 18.6. The van der Waals surface area contributed by atoms with Crippen molar-refractivity contribution in [2.24, 2.45) is 5.92 Å². The number of phenolic OH excluding ortho intramolecular Hbond substituents is 1. The number of aromatic nitrogens is 2. The maximum Gasteiger partial charge on any atom is 0.125 e. The molecule has 1 aliphatic carbocycles. The Balaban J connectivity index is 1.17. The number of aryl methyl sites for hydroxylation is 1. The number of H-pyrrole nitrogens is 1. The van der Waals surface area contributed by atoms with Crippen molar-refractivity contribution in [3.05, 3.63) is 53.1 Å². The predicted molar refractivity (Wildman–Crippen MR) is 123 cm³/mol. The summed E-state index contributed by atoms with van der Waals surface area (Å²) >= 11 is 0. The van der Waals surface area contributed by atoms with E-state index < -0.39 is 0 Å². The van der Waals surface area contributed by atoms with Crippen LogP contribution in [0.2, 0.25) is 0 Å². The summed E-state index contributed by atoms with van der Waals surface area (Å²) in [6, 6.07) is 7.26. The fourth-order valence-corrected chi connectivity index (χ4v) is 6.30. The molecule has 3 fully saturated rings. The van der Waals surface area contributed by atoms with Gasteiger partial charge in [0.15, 0.2) is 0 Å². The first-order valence-electron chi connectivity index (χ1n) is 12.1. The Hall–Kier alpha value is -2.19. The summed E-state index contributed by atoms with van der Waals surface area (Å²) in [5.74, 6) is 2.47. The van der Waals surface area contributed by atoms with E-state index >= 15 is 0 Å². The van der Waals surface area contributed by atoms with Gasteiger partial charge >= 0.3 is 0 Å². The number of imidazole rings is 1. The van der Waals surface area contributed by atoms with Crippen LogP contribution in [0, 0.1) is 5.92 Å². The van der Waals surface area contributed by atoms with E-state index in [4.69, 9.17) is 9.72 Å². The molecule has 6 atom stereocenters. The highest BCUT2D eigenvalue weighted by Crippen LogP contribution is 2.44. The zero-order chi connectivity index (χ0) is 21.7. The summed E-state index contributed by atoms with van der Waals surface area (Å²) in [4.78, 5) is 8.43. The van der Waals surface area contributed by atoms with Gasteiger partial charge in [0.05, 0.1) is 31.1 Å². The van der Waals surface area contributed by atoms with Crippen LogP contribution in [0.1, 0.15) is 67.2 Å². The molecule has 0 spiro atoms. The minimum Gasteiger partial charge on any atom is -0.508 e. The minimum absolute atomic E-state index is 0.213. The number of hydrogen-bond donors (Lipinski definition) is 5. The molecule has 2 bridgehead atoms. The molecule has 4 aliphatic rings. The number of nitrogens with zero attached hydrogens (tertiary/aromatic N) is 1. The topological polar surface area (TPSA) is 94.2 Å². The van der Waals surface area contributed by atoms with Gasteiger partial charge < -0.3 is 20.1 Å². The first kappa shape index (κ1) is 20.4. The number of rotatable bonds is 4. The van der Waals surface area contributed by atoms with Gasteiger partial charge in [-0.05, 0) is 72.8 Å². The first-order chi connectivity index (χ1) is 15.7. The maximum atomic E-state index is 9.87. The highest BCUT2D eigenvalue weighted by Gasteiger charge is 2.42. The summed E-state index contributed by atoms with van der Waals surface area (Å²) in [5.41, 5.74) is 12.3. The number of aromatic amines is 1. The number of hydrogen-bond acceptors (Lipinski definition) is 6. The van der Waals surface area contributed by atoms with E-state index in [2.05, 4.69) is 40.2 Å². The smallest absolute Gasteiger partial charge is 0.125 e. The molecule has 5 N–H and O–H groups in total. The van der Waals surface area contributed by atoms with Crippen LogP contribution in [0.3, 0.4) is 0 Å². The van der Waals surface area contributed by atoms with Gasteiger partial charge in [-0.15, -0.1) is 0 Å². The number of phenols is 1. The number of benzene rings is 1. The molecule has 0 amide bonds. The predicted octanol–water partition coefficient (Wildman–Crippen LogP) is 2.92. The third-order valence-electron chi connectivity index (χ3n) is 7.87. The van der Waals surface area contributed by atoms with Crippen LogP contribution in [0.4, 0.5) is 0 Å². The van der Waals surface area contributed by atoms with Crippen molar-refractivity contribution in [3.63, 3.8) is 0 Å². The number of fused-ring (bicyclic) bond motifs is 3. The van der Waals surface area contributed by atoms with E-state index in [1.165, 1.54) is 23.1 Å². The van der Waals surface area contributed by atoms with Crippen LogP contribution in [-0.4, -0.2) is 46.4 Å². The third-order valence-corrected chi connectivity index (χ3v) is 7.87. The normalized spacial score (nSPS) is 34.2. The number of morpholine rings is 1. The summed E-state index contributed by atoms with van der Waals surface area (Å²) in [7, 11) is 0. The van der Waals surface area contributed by atoms with Crippen LogP contribution in [0.5, 0.6) is 5.75 Å². The third kappa shape index (κ3) is 3.67. The van der Waals surface area contributed by atoms with Gasteiger partial charge in [-0.25, -0.2) is 10.4 Å². The lowest BCUT2D eigenvalue weighted by Crippen LogP contribution is -2.50. The lowest BCUT2D eigenvalue weighted by atomic mass is 9.73. The van der Waals surface area contributed by atoms with Crippen molar-refractivity contribution < 1.29 is 9.84 Å². The Morgan fingerprint density at radius 1 is 1.19 bits per heavy atom. The van der Waals surface area contributed by atoms with Crippen molar-refractivity contribution >= 4 is 5.57 Å². The van der Waals surface area contributed by atoms with Crippen molar-refractivity contribution in [2.75, 3.05) is 13.2 Å². The van der Waals surface area contributed by atoms with Crippen LogP contribution in [-0.2, 0) is 11.2 Å². The Kier molecular flexibility index (Phi) is 5.30. The van der Waals surface area contributed by atoms with Gasteiger partial charge in [0.1, 0.15) is 11.6 Å². The second-order valence-corrected chi connectivity index (χ2v) is 9.87. The second-order valence-electron chi connectivity index (χ2n) is 9.87. The van der Waals surface area contributed by atoms with Crippen molar-refractivity contribution in [2.45, 2.75) is 69.1 Å². The maximum absolute atomic E-state index is 9.87. The van der Waals surface area contributed by atoms with Crippen molar-refractivity contribution in [1.29, 1.82) is 0 Å². The lowest BCUT2D eigenvalue weighted by Gasteiger charge is -2.34. The molecule has 2 aromatic rings. The summed E-state index contributed by atoms with van der Waals surface area (Å²) in [6.45, 7) is 3.71. The highest BCUT2D eigenvalue weighted by molar-refractivity contribution is 5.64. The number of aromatic hydroxyl groups is 1. The molecule has 1 aromatic carbocycles. The summed E-state index contributed by atoms with van der Waals surface area (Å²) in [6.07, 6.45) is 9.68. The van der Waals surface area contributed by atoms with Crippen molar-refractivity contribution in [3.8, 4) is 5.75 Å². The lowest BCUT2D eigenvalue weighted by molar-refractivity contribution is 0.0561. The molecule has 3 aliphatic heterocycles. The SMILES string of the molecule is CCc1cc(O)ccc1C1CCC2C(C1)NNC2c1ncc(C2=CC3COCC(C2)N3)[nH]1. The fourth-order valence-electron chi connectivity index (χ4n) is 6.30. The molecular formula is C25H33N5O2. The number of ether oxygens (including phenoxy) is 1. The average molecular weight is 436 g/mol. The molecule has 7 nitrogen and oxygen atoms in total. The summed E-state index contributed by atoms with van der Waals surface area (Å²) < 4.78 is 5.66. The Labute approximate surface area is 189 Å².